The van der Waals surface area contributed by atoms with Crippen molar-refractivity contribution in [3.63, 3.8) is 0 Å². The SMILES string of the molecule is CCOC(C)C(=O)Cc1c(F)ccc(CC(=O)c2cc(NC(=O)[C@H]3[C@H](c4cccc(C(F)(F)F)c4)C3(Cl)Cl)ccc2Cl)c1F. The molecule has 1 fully saturated rings. The standard InChI is InChI=1S/C31H25Cl3F5NO4/c1-3-44-15(2)24(41)14-21-23(35)10-7-17(28(21)36)12-25(42)20-13-19(8-9-22(20)32)40-29(43)27-26(30(27,33)34)16-5-4-6-18(11-16)31(37,38)39/h4-11,13,15,26-27H,3,12,14H2,1-2H3,(H,40,43)/t15?,26-,27+/m0/s1. The van der Waals surface area contributed by atoms with Gasteiger partial charge in [-0.2, -0.15) is 13.2 Å². The number of ketones is 2. The number of benzene rings is 3. The molecule has 0 radical (unpaired) electrons. The predicted molar refractivity (Wildman–Crippen MR) is 156 cm³/mol. The number of ether oxygens (including phenoxy) is 1. The Labute approximate surface area is 264 Å². The van der Waals surface area contributed by atoms with E-state index in [2.05, 4.69) is 5.32 Å². The number of nitrogens with one attached hydrogen (secondary N) is 1. The van der Waals surface area contributed by atoms with Gasteiger partial charge in [0, 0.05) is 42.2 Å². The number of carbonyl (C=O) groups is 3. The largest absolute Gasteiger partial charge is 0.416 e. The molecule has 0 heterocycles. The molecule has 4 rings (SSSR count). The van der Waals surface area contributed by atoms with Gasteiger partial charge in [-0.25, -0.2) is 8.78 Å². The van der Waals surface area contributed by atoms with E-state index in [0.717, 1.165) is 24.3 Å². The molecule has 0 aromatic heterocycles. The highest BCUT2D eigenvalue weighted by Gasteiger charge is 2.67. The second kappa shape index (κ2) is 13.1. The van der Waals surface area contributed by atoms with Crippen molar-refractivity contribution < 1.29 is 41.1 Å². The van der Waals surface area contributed by atoms with Crippen LogP contribution in [0.3, 0.4) is 0 Å². The van der Waals surface area contributed by atoms with Gasteiger partial charge in [-0.15, -0.1) is 23.2 Å². The van der Waals surface area contributed by atoms with E-state index in [1.807, 2.05) is 0 Å². The number of anilines is 1. The van der Waals surface area contributed by atoms with Crippen molar-refractivity contribution in [2.24, 2.45) is 5.92 Å². The minimum atomic E-state index is -4.60. The summed E-state index contributed by atoms with van der Waals surface area (Å²) in [6, 6.07) is 10.3. The summed E-state index contributed by atoms with van der Waals surface area (Å²) in [6.45, 7) is 3.38. The number of halogens is 8. The molecule has 234 valence electrons. The third kappa shape index (κ3) is 7.25. The molecule has 1 aliphatic carbocycles. The lowest BCUT2D eigenvalue weighted by Gasteiger charge is -2.13. The zero-order valence-electron chi connectivity index (χ0n) is 23.2. The lowest BCUT2D eigenvalue weighted by molar-refractivity contribution is -0.137. The fraction of sp³-hybridized carbons (Fsp3) is 0.323. The first-order valence-corrected chi connectivity index (χ1v) is 14.5. The summed E-state index contributed by atoms with van der Waals surface area (Å²) in [6.07, 6.45) is -6.60. The molecule has 1 N–H and O–H groups in total. The Morgan fingerprint density at radius 3 is 2.39 bits per heavy atom. The van der Waals surface area contributed by atoms with Gasteiger partial charge in [0.05, 0.1) is 16.5 Å². The van der Waals surface area contributed by atoms with Crippen LogP contribution in [0, 0.1) is 17.6 Å². The van der Waals surface area contributed by atoms with Crippen molar-refractivity contribution in [3.8, 4) is 0 Å². The van der Waals surface area contributed by atoms with Gasteiger partial charge >= 0.3 is 6.18 Å². The van der Waals surface area contributed by atoms with E-state index in [0.29, 0.717) is 0 Å². The van der Waals surface area contributed by atoms with Gasteiger partial charge in [0.1, 0.15) is 22.1 Å². The zero-order valence-corrected chi connectivity index (χ0v) is 25.5. The van der Waals surface area contributed by atoms with Crippen molar-refractivity contribution in [2.75, 3.05) is 11.9 Å². The van der Waals surface area contributed by atoms with Crippen LogP contribution in [0.1, 0.15) is 52.4 Å². The summed E-state index contributed by atoms with van der Waals surface area (Å²) in [5.74, 6) is -5.96. The van der Waals surface area contributed by atoms with E-state index < -0.39 is 81.5 Å². The monoisotopic (exact) mass is 675 g/mol. The molecule has 5 nitrogen and oxygen atoms in total. The Morgan fingerprint density at radius 1 is 1.02 bits per heavy atom. The number of hydrogen-bond acceptors (Lipinski definition) is 4. The van der Waals surface area contributed by atoms with Gasteiger partial charge < -0.3 is 10.1 Å². The molecule has 1 saturated carbocycles. The van der Waals surface area contributed by atoms with Crippen molar-refractivity contribution in [1.29, 1.82) is 0 Å². The van der Waals surface area contributed by atoms with Crippen molar-refractivity contribution in [2.45, 2.75) is 49.2 Å². The molecule has 0 saturated heterocycles. The van der Waals surface area contributed by atoms with Crippen molar-refractivity contribution in [3.05, 3.63) is 99.1 Å². The normalized spacial score (nSPS) is 18.0. The van der Waals surface area contributed by atoms with Crippen LogP contribution in [0.2, 0.25) is 5.02 Å². The molecular weight excluding hydrogens is 652 g/mol. The molecule has 3 atom stereocenters. The third-order valence-electron chi connectivity index (χ3n) is 7.28. The molecule has 3 aromatic carbocycles. The van der Waals surface area contributed by atoms with Gasteiger partial charge in [0.25, 0.3) is 0 Å². The Balaban J connectivity index is 1.50. The summed E-state index contributed by atoms with van der Waals surface area (Å²) in [5, 5.41) is 2.53. The first-order chi connectivity index (χ1) is 20.6. The Kier molecular flexibility index (Phi) is 10.1. The van der Waals surface area contributed by atoms with E-state index in [4.69, 9.17) is 39.5 Å². The van der Waals surface area contributed by atoms with E-state index in [-0.39, 0.29) is 34.0 Å². The average molecular weight is 677 g/mol. The highest BCUT2D eigenvalue weighted by molar-refractivity contribution is 6.53. The average Bonchev–Trinajstić information content (AvgIpc) is 3.54. The Morgan fingerprint density at radius 2 is 1.73 bits per heavy atom. The summed E-state index contributed by atoms with van der Waals surface area (Å²) < 4.78 is 72.7. The quantitative estimate of drug-likeness (QED) is 0.127. The molecule has 0 bridgehead atoms. The number of carbonyl (C=O) groups excluding carboxylic acids is 3. The van der Waals surface area contributed by atoms with E-state index in [1.165, 1.54) is 37.3 Å². The Hall–Kier alpha value is -3.05. The second-order valence-corrected chi connectivity index (χ2v) is 12.1. The molecule has 0 aliphatic heterocycles. The highest BCUT2D eigenvalue weighted by atomic mass is 35.5. The Bertz CT molecular complexity index is 1610. The van der Waals surface area contributed by atoms with Crippen LogP contribution in [0.4, 0.5) is 27.6 Å². The van der Waals surface area contributed by atoms with Gasteiger partial charge in [-0.05, 0) is 55.3 Å². The third-order valence-corrected chi connectivity index (χ3v) is 8.55. The first kappa shape index (κ1) is 33.8. The summed E-state index contributed by atoms with van der Waals surface area (Å²) in [5.41, 5.74) is -1.45. The van der Waals surface area contributed by atoms with E-state index in [1.54, 1.807) is 6.92 Å². The lowest BCUT2D eigenvalue weighted by atomic mass is 9.97. The minimum absolute atomic E-state index is 0.0197. The molecule has 0 spiro atoms. The lowest BCUT2D eigenvalue weighted by Crippen LogP contribution is -2.24. The van der Waals surface area contributed by atoms with Gasteiger partial charge in [0.15, 0.2) is 11.6 Å². The summed E-state index contributed by atoms with van der Waals surface area (Å²) in [4.78, 5) is 38.6. The topological polar surface area (TPSA) is 72.5 Å². The number of alkyl halides is 5. The van der Waals surface area contributed by atoms with Crippen molar-refractivity contribution in [1.82, 2.24) is 0 Å². The maximum Gasteiger partial charge on any atom is 0.416 e. The highest BCUT2D eigenvalue weighted by Crippen LogP contribution is 2.65. The van der Waals surface area contributed by atoms with E-state index in [9.17, 15) is 31.9 Å². The molecule has 3 aromatic rings. The van der Waals surface area contributed by atoms with Crippen LogP contribution in [0.15, 0.2) is 54.6 Å². The molecular formula is C31H25Cl3F5NO4. The fourth-order valence-corrected chi connectivity index (χ4v) is 5.94. The number of amides is 1. The van der Waals surface area contributed by atoms with E-state index >= 15 is 4.39 Å². The zero-order chi connectivity index (χ0) is 32.6. The second-order valence-electron chi connectivity index (χ2n) is 10.3. The van der Waals surface area contributed by atoms with Crippen LogP contribution < -0.4 is 5.32 Å². The summed E-state index contributed by atoms with van der Waals surface area (Å²) in [7, 11) is 0. The van der Waals surface area contributed by atoms with Crippen LogP contribution >= 0.6 is 34.8 Å². The van der Waals surface area contributed by atoms with Gasteiger partial charge in [-0.3, -0.25) is 14.4 Å². The maximum atomic E-state index is 15.2. The fourth-order valence-electron chi connectivity index (χ4n) is 4.89. The number of hydrogen-bond donors (Lipinski definition) is 1. The predicted octanol–water partition coefficient (Wildman–Crippen LogP) is 8.13. The molecule has 1 aliphatic rings. The van der Waals surface area contributed by atoms with Crippen LogP contribution in [-0.4, -0.2) is 34.5 Å². The van der Waals surface area contributed by atoms with Crippen molar-refractivity contribution >= 4 is 58.0 Å². The minimum Gasteiger partial charge on any atom is -0.371 e. The number of Topliss-reactive ketones (excluding diaryl/α,β-unsaturated/α-hetero) is 2. The molecule has 44 heavy (non-hydrogen) atoms. The molecule has 13 heteroatoms. The smallest absolute Gasteiger partial charge is 0.371 e. The summed E-state index contributed by atoms with van der Waals surface area (Å²) >= 11 is 18.8. The van der Waals surface area contributed by atoms with Crippen LogP contribution in [0.25, 0.3) is 0 Å². The van der Waals surface area contributed by atoms with Gasteiger partial charge in [0.2, 0.25) is 5.91 Å². The number of rotatable bonds is 11. The first-order valence-electron chi connectivity index (χ1n) is 13.3. The van der Waals surface area contributed by atoms with Gasteiger partial charge in [-0.1, -0.05) is 35.9 Å². The molecule has 1 unspecified atom stereocenters. The van der Waals surface area contributed by atoms with Crippen LogP contribution in [-0.2, 0) is 33.3 Å². The maximum absolute atomic E-state index is 15.2. The van der Waals surface area contributed by atoms with Crippen LogP contribution in [0.5, 0.6) is 0 Å². The molecule has 1 amide bonds.